The Morgan fingerprint density at radius 1 is 1.37 bits per heavy atom. The Morgan fingerprint density at radius 2 is 2.05 bits per heavy atom. The van der Waals surface area contributed by atoms with Gasteiger partial charge in [-0.1, -0.05) is 15.9 Å². The number of hydrogen-bond acceptors (Lipinski definition) is 1. The number of terminal acetylenes is 1. The van der Waals surface area contributed by atoms with Gasteiger partial charge >= 0.3 is 6.18 Å². The van der Waals surface area contributed by atoms with Crippen LogP contribution in [-0.4, -0.2) is 12.5 Å². The van der Waals surface area contributed by atoms with Crippen molar-refractivity contribution >= 4 is 27.5 Å². The Balaban J connectivity index is 2.39. The summed E-state index contributed by atoms with van der Waals surface area (Å²) in [4.78, 5) is 13.0. The summed E-state index contributed by atoms with van der Waals surface area (Å²) in [6.07, 6.45) is 0.967. The third kappa shape index (κ3) is 2.92. The maximum absolute atomic E-state index is 12.7. The third-order valence-corrected chi connectivity index (χ3v) is 3.34. The van der Waals surface area contributed by atoms with E-state index in [0.717, 1.165) is 12.1 Å². The molecule has 100 valence electrons. The topological polar surface area (TPSA) is 20.3 Å². The summed E-state index contributed by atoms with van der Waals surface area (Å²) in [5.41, 5.74) is -0.585. The first-order valence-corrected chi connectivity index (χ1v) is 6.25. The highest BCUT2D eigenvalue weighted by molar-refractivity contribution is 9.10. The fourth-order valence-corrected chi connectivity index (χ4v) is 2.44. The molecule has 6 heteroatoms. The molecule has 1 aromatic rings. The van der Waals surface area contributed by atoms with E-state index in [-0.39, 0.29) is 35.0 Å². The lowest BCUT2D eigenvalue weighted by molar-refractivity contribution is -0.137. The highest BCUT2D eigenvalue weighted by Gasteiger charge is 2.34. The van der Waals surface area contributed by atoms with Gasteiger partial charge < -0.3 is 4.90 Å². The van der Waals surface area contributed by atoms with Crippen LogP contribution >= 0.6 is 15.9 Å². The molecular weight excluding hydrogens is 323 g/mol. The second-order valence-electron chi connectivity index (χ2n) is 4.27. The fourth-order valence-electron chi connectivity index (χ4n) is 1.96. The second kappa shape index (κ2) is 4.89. The zero-order valence-corrected chi connectivity index (χ0v) is 11.3. The van der Waals surface area contributed by atoms with Gasteiger partial charge in [-0.2, -0.15) is 13.2 Å². The van der Waals surface area contributed by atoms with Crippen molar-refractivity contribution in [3.8, 4) is 12.3 Å². The minimum atomic E-state index is -4.45. The van der Waals surface area contributed by atoms with Crippen molar-refractivity contribution in [2.24, 2.45) is 5.92 Å². The van der Waals surface area contributed by atoms with Crippen LogP contribution in [0.15, 0.2) is 22.7 Å². The van der Waals surface area contributed by atoms with Crippen molar-refractivity contribution in [3.05, 3.63) is 28.2 Å². The van der Waals surface area contributed by atoms with Gasteiger partial charge in [0, 0.05) is 29.0 Å². The third-order valence-electron chi connectivity index (χ3n) is 2.88. The molecule has 1 unspecified atom stereocenters. The second-order valence-corrected chi connectivity index (χ2v) is 5.18. The van der Waals surface area contributed by atoms with E-state index in [1.54, 1.807) is 0 Å². The first-order valence-electron chi connectivity index (χ1n) is 5.45. The minimum Gasteiger partial charge on any atom is -0.311 e. The van der Waals surface area contributed by atoms with Gasteiger partial charge in [0.05, 0.1) is 5.56 Å². The lowest BCUT2D eigenvalue weighted by atomic mass is 10.1. The average molecular weight is 332 g/mol. The van der Waals surface area contributed by atoms with Gasteiger partial charge in [0.25, 0.3) is 0 Å². The van der Waals surface area contributed by atoms with Crippen LogP contribution in [-0.2, 0) is 11.0 Å². The number of hydrogen-bond donors (Lipinski definition) is 0. The molecule has 1 aromatic carbocycles. The van der Waals surface area contributed by atoms with E-state index >= 15 is 0 Å². The molecule has 0 N–H and O–H groups in total. The van der Waals surface area contributed by atoms with Gasteiger partial charge in [-0.15, -0.1) is 12.3 Å². The molecule has 1 aliphatic heterocycles. The molecule has 0 bridgehead atoms. The van der Waals surface area contributed by atoms with Crippen LogP contribution in [0.25, 0.3) is 0 Å². The van der Waals surface area contributed by atoms with E-state index in [4.69, 9.17) is 6.42 Å². The van der Waals surface area contributed by atoms with E-state index in [1.807, 2.05) is 0 Å². The van der Waals surface area contributed by atoms with Crippen molar-refractivity contribution in [2.75, 3.05) is 11.4 Å². The van der Waals surface area contributed by atoms with Crippen molar-refractivity contribution in [2.45, 2.75) is 12.6 Å². The molecule has 0 aliphatic carbocycles. The summed E-state index contributed by atoms with van der Waals surface area (Å²) >= 11 is 3.03. The molecular formula is C13H9BrF3NO. The SMILES string of the molecule is C#CC1CC(=O)N(c2cc(Br)cc(C(F)(F)F)c2)C1. The van der Waals surface area contributed by atoms with Crippen molar-refractivity contribution in [1.29, 1.82) is 0 Å². The predicted molar refractivity (Wildman–Crippen MR) is 68.4 cm³/mol. The first kappa shape index (κ1) is 13.9. The maximum Gasteiger partial charge on any atom is 0.416 e. The lowest BCUT2D eigenvalue weighted by Crippen LogP contribution is -2.24. The van der Waals surface area contributed by atoms with Crippen LogP contribution < -0.4 is 4.90 Å². The average Bonchev–Trinajstić information content (AvgIpc) is 2.68. The van der Waals surface area contributed by atoms with Crippen LogP contribution in [0.3, 0.4) is 0 Å². The van der Waals surface area contributed by atoms with Gasteiger partial charge in [-0.3, -0.25) is 4.79 Å². The first-order chi connectivity index (χ1) is 8.81. The number of carbonyl (C=O) groups is 1. The van der Waals surface area contributed by atoms with Crippen molar-refractivity contribution in [1.82, 2.24) is 0 Å². The number of alkyl halides is 3. The normalized spacial score (nSPS) is 19.6. The molecule has 0 spiro atoms. The van der Waals surface area contributed by atoms with Gasteiger partial charge in [0.1, 0.15) is 0 Å². The van der Waals surface area contributed by atoms with E-state index < -0.39 is 11.7 Å². The summed E-state index contributed by atoms with van der Waals surface area (Å²) < 4.78 is 38.4. The predicted octanol–water partition coefficient (Wildman–Crippen LogP) is 3.45. The zero-order valence-electron chi connectivity index (χ0n) is 9.67. The highest BCUT2D eigenvalue weighted by Crippen LogP contribution is 2.35. The molecule has 1 aliphatic rings. The van der Waals surface area contributed by atoms with E-state index in [0.29, 0.717) is 0 Å². The molecule has 1 fully saturated rings. The molecule has 0 radical (unpaired) electrons. The van der Waals surface area contributed by atoms with Gasteiger partial charge in [-0.25, -0.2) is 0 Å². The van der Waals surface area contributed by atoms with E-state index in [1.165, 1.54) is 11.0 Å². The number of nitrogens with zero attached hydrogens (tertiary/aromatic N) is 1. The standard InChI is InChI=1S/C13H9BrF3NO/c1-2-8-3-12(19)18(7-8)11-5-9(13(15,16)17)4-10(14)6-11/h1,4-6,8H,3,7H2. The summed E-state index contributed by atoms with van der Waals surface area (Å²) in [6.45, 7) is 0.253. The highest BCUT2D eigenvalue weighted by atomic mass is 79.9. The molecule has 0 saturated carbocycles. The van der Waals surface area contributed by atoms with Crippen LogP contribution in [0.1, 0.15) is 12.0 Å². The Hall–Kier alpha value is -1.48. The van der Waals surface area contributed by atoms with Crippen LogP contribution in [0.5, 0.6) is 0 Å². The smallest absolute Gasteiger partial charge is 0.311 e. The quantitative estimate of drug-likeness (QED) is 0.722. The molecule has 2 nitrogen and oxygen atoms in total. The van der Waals surface area contributed by atoms with Crippen molar-refractivity contribution in [3.63, 3.8) is 0 Å². The monoisotopic (exact) mass is 331 g/mol. The summed E-state index contributed by atoms with van der Waals surface area (Å²) in [5, 5.41) is 0. The summed E-state index contributed by atoms with van der Waals surface area (Å²) in [6, 6.07) is 3.41. The molecule has 1 saturated heterocycles. The lowest BCUT2D eigenvalue weighted by Gasteiger charge is -2.18. The molecule has 19 heavy (non-hydrogen) atoms. The summed E-state index contributed by atoms with van der Waals surface area (Å²) in [5.74, 6) is 1.95. The minimum absolute atomic E-state index is 0.171. The number of rotatable bonds is 1. The number of carbonyl (C=O) groups excluding carboxylic acids is 1. The Kier molecular flexibility index (Phi) is 3.59. The zero-order chi connectivity index (χ0) is 14.2. The van der Waals surface area contributed by atoms with Crippen LogP contribution in [0.4, 0.5) is 18.9 Å². The Labute approximate surface area is 116 Å². The largest absolute Gasteiger partial charge is 0.416 e. The van der Waals surface area contributed by atoms with Crippen LogP contribution in [0.2, 0.25) is 0 Å². The molecule has 1 heterocycles. The van der Waals surface area contributed by atoms with E-state index in [2.05, 4.69) is 21.9 Å². The Morgan fingerprint density at radius 3 is 2.58 bits per heavy atom. The van der Waals surface area contributed by atoms with Gasteiger partial charge in [0.15, 0.2) is 0 Å². The maximum atomic E-state index is 12.7. The molecule has 1 amide bonds. The molecule has 0 aromatic heterocycles. The number of halogens is 4. The van der Waals surface area contributed by atoms with Gasteiger partial charge in [-0.05, 0) is 18.2 Å². The van der Waals surface area contributed by atoms with Crippen molar-refractivity contribution < 1.29 is 18.0 Å². The Bertz CT molecular complexity index is 562. The number of anilines is 1. The van der Waals surface area contributed by atoms with Gasteiger partial charge in [0.2, 0.25) is 5.91 Å². The van der Waals surface area contributed by atoms with E-state index in [9.17, 15) is 18.0 Å². The molecule has 1 atom stereocenters. The molecule has 2 rings (SSSR count). The number of amides is 1. The number of benzene rings is 1. The summed E-state index contributed by atoms with van der Waals surface area (Å²) in [7, 11) is 0. The fraction of sp³-hybridized carbons (Fsp3) is 0.308. The van der Waals surface area contributed by atoms with Crippen LogP contribution in [0, 0.1) is 18.3 Å².